The zero-order valence-corrected chi connectivity index (χ0v) is 10.4. The zero-order valence-electron chi connectivity index (χ0n) is 10.4. The molecule has 17 heavy (non-hydrogen) atoms. The molecule has 92 valence electrons. The Morgan fingerprint density at radius 1 is 1.29 bits per heavy atom. The van der Waals surface area contributed by atoms with Gasteiger partial charge in [-0.2, -0.15) is 5.26 Å². The van der Waals surface area contributed by atoms with Crippen molar-refractivity contribution in [2.24, 2.45) is 0 Å². The number of hydrogen-bond donors (Lipinski definition) is 1. The summed E-state index contributed by atoms with van der Waals surface area (Å²) in [5, 5.41) is 11.7. The molecule has 4 nitrogen and oxygen atoms in total. The molecule has 4 heteroatoms. The van der Waals surface area contributed by atoms with E-state index < -0.39 is 0 Å². The molecule has 0 heterocycles. The molecule has 1 aromatic rings. The lowest BCUT2D eigenvalue weighted by Crippen LogP contribution is -2.29. The van der Waals surface area contributed by atoms with Crippen LogP contribution in [0.4, 0.5) is 5.69 Å². The molecule has 0 spiro atoms. The third-order valence-electron chi connectivity index (χ3n) is 2.63. The fraction of sp³-hybridized carbons (Fsp3) is 0.462. The van der Waals surface area contributed by atoms with Crippen molar-refractivity contribution in [3.8, 4) is 11.8 Å². The number of benzene rings is 1. The lowest BCUT2D eigenvalue weighted by Gasteiger charge is -2.21. The van der Waals surface area contributed by atoms with Crippen LogP contribution in [0.25, 0.3) is 0 Å². The van der Waals surface area contributed by atoms with Gasteiger partial charge in [0.1, 0.15) is 11.8 Å². The molecule has 0 saturated carbocycles. The van der Waals surface area contributed by atoms with Crippen LogP contribution in [0.15, 0.2) is 24.3 Å². The highest BCUT2D eigenvalue weighted by atomic mass is 16.5. The van der Waals surface area contributed by atoms with Gasteiger partial charge in [-0.1, -0.05) is 0 Å². The number of rotatable bonds is 6. The molecule has 0 aliphatic heterocycles. The Balaban J connectivity index is 2.53. The molecule has 0 bridgehead atoms. The van der Waals surface area contributed by atoms with Crippen molar-refractivity contribution in [3.05, 3.63) is 24.3 Å². The second-order valence-electron chi connectivity index (χ2n) is 3.84. The summed E-state index contributed by atoms with van der Waals surface area (Å²) < 4.78 is 10.4. The maximum Gasteiger partial charge on any atom is 0.174 e. The van der Waals surface area contributed by atoms with E-state index in [1.54, 1.807) is 7.11 Å². The lowest BCUT2D eigenvalue weighted by molar-refractivity contribution is 0.106. The molecule has 0 aromatic heterocycles. The van der Waals surface area contributed by atoms with E-state index in [0.29, 0.717) is 5.75 Å². The van der Waals surface area contributed by atoms with Crippen LogP contribution >= 0.6 is 0 Å². The van der Waals surface area contributed by atoms with E-state index >= 15 is 0 Å². The van der Waals surface area contributed by atoms with Crippen molar-refractivity contribution in [3.63, 3.8) is 0 Å². The molecule has 0 amide bonds. The summed E-state index contributed by atoms with van der Waals surface area (Å²) in [5.41, 5.74) is 1.01. The molecular weight excluding hydrogens is 216 g/mol. The van der Waals surface area contributed by atoms with Gasteiger partial charge in [-0.3, -0.25) is 0 Å². The van der Waals surface area contributed by atoms with E-state index in [0.717, 1.165) is 5.69 Å². The molecule has 2 atom stereocenters. The van der Waals surface area contributed by atoms with Crippen molar-refractivity contribution in [1.29, 1.82) is 5.26 Å². The number of nitrogens with zero attached hydrogens (tertiary/aromatic N) is 1. The van der Waals surface area contributed by atoms with Gasteiger partial charge in [0.15, 0.2) is 6.61 Å². The first-order valence-corrected chi connectivity index (χ1v) is 5.56. The Hall–Kier alpha value is -1.73. The first kappa shape index (κ1) is 13.3. The standard InChI is InChI=1S/C13H18N2O2/c1-10(11(2)16-3)15-12-4-6-13(7-5-12)17-9-8-14/h4-7,10-11,15H,9H2,1-3H3. The van der Waals surface area contributed by atoms with Crippen molar-refractivity contribution in [1.82, 2.24) is 0 Å². The largest absolute Gasteiger partial charge is 0.479 e. The molecule has 0 aliphatic carbocycles. The molecule has 1 rings (SSSR count). The highest BCUT2D eigenvalue weighted by molar-refractivity contribution is 5.47. The number of nitrogens with one attached hydrogen (secondary N) is 1. The van der Waals surface area contributed by atoms with Crippen LogP contribution < -0.4 is 10.1 Å². The van der Waals surface area contributed by atoms with Crippen molar-refractivity contribution >= 4 is 5.69 Å². The topological polar surface area (TPSA) is 54.3 Å². The fourth-order valence-electron chi connectivity index (χ4n) is 1.35. The third kappa shape index (κ3) is 4.33. The van der Waals surface area contributed by atoms with Crippen LogP contribution in [0, 0.1) is 11.3 Å². The van der Waals surface area contributed by atoms with Crippen LogP contribution in [0.3, 0.4) is 0 Å². The Morgan fingerprint density at radius 3 is 2.47 bits per heavy atom. The Bertz CT molecular complexity index is 370. The van der Waals surface area contributed by atoms with Gasteiger partial charge in [0.05, 0.1) is 6.10 Å². The summed E-state index contributed by atoms with van der Waals surface area (Å²) >= 11 is 0. The van der Waals surface area contributed by atoms with Crippen LogP contribution in [0.2, 0.25) is 0 Å². The van der Waals surface area contributed by atoms with Gasteiger partial charge >= 0.3 is 0 Å². The highest BCUT2D eigenvalue weighted by Crippen LogP contribution is 2.17. The molecule has 0 aliphatic rings. The Morgan fingerprint density at radius 2 is 1.94 bits per heavy atom. The predicted octanol–water partition coefficient (Wildman–Crippen LogP) is 2.42. The summed E-state index contributed by atoms with van der Waals surface area (Å²) in [4.78, 5) is 0. The normalized spacial score (nSPS) is 13.5. The van der Waals surface area contributed by atoms with Gasteiger partial charge in [0.25, 0.3) is 0 Å². The predicted molar refractivity (Wildman–Crippen MR) is 67.1 cm³/mol. The third-order valence-corrected chi connectivity index (χ3v) is 2.63. The second-order valence-corrected chi connectivity index (χ2v) is 3.84. The minimum absolute atomic E-state index is 0.0733. The second kappa shape index (κ2) is 6.77. The minimum Gasteiger partial charge on any atom is -0.479 e. The monoisotopic (exact) mass is 234 g/mol. The van der Waals surface area contributed by atoms with Crippen LogP contribution in [-0.4, -0.2) is 25.9 Å². The van der Waals surface area contributed by atoms with Crippen LogP contribution in [0.1, 0.15) is 13.8 Å². The number of ether oxygens (including phenoxy) is 2. The van der Waals surface area contributed by atoms with Gasteiger partial charge in [-0.15, -0.1) is 0 Å². The average Bonchev–Trinajstić information content (AvgIpc) is 2.37. The van der Waals surface area contributed by atoms with E-state index in [4.69, 9.17) is 14.7 Å². The molecule has 0 radical (unpaired) electrons. The smallest absolute Gasteiger partial charge is 0.174 e. The number of methoxy groups -OCH3 is 1. The number of hydrogen-bond acceptors (Lipinski definition) is 4. The number of nitriles is 1. The van der Waals surface area contributed by atoms with Gasteiger partial charge < -0.3 is 14.8 Å². The van der Waals surface area contributed by atoms with E-state index in [-0.39, 0.29) is 18.8 Å². The zero-order chi connectivity index (χ0) is 12.7. The summed E-state index contributed by atoms with van der Waals surface area (Å²) in [6.07, 6.45) is 0.143. The van der Waals surface area contributed by atoms with E-state index in [1.807, 2.05) is 37.3 Å². The summed E-state index contributed by atoms with van der Waals surface area (Å²) in [6, 6.07) is 9.68. The van der Waals surface area contributed by atoms with Gasteiger partial charge in [-0.05, 0) is 38.1 Å². The first-order chi connectivity index (χ1) is 8.17. The van der Waals surface area contributed by atoms with Crippen LogP contribution in [-0.2, 0) is 4.74 Å². The maximum atomic E-state index is 8.39. The maximum absolute atomic E-state index is 8.39. The van der Waals surface area contributed by atoms with E-state index in [2.05, 4.69) is 12.2 Å². The Kier molecular flexibility index (Phi) is 5.31. The Labute approximate surface area is 102 Å². The van der Waals surface area contributed by atoms with Crippen molar-refractivity contribution < 1.29 is 9.47 Å². The summed E-state index contributed by atoms with van der Waals surface area (Å²) in [7, 11) is 1.70. The van der Waals surface area contributed by atoms with E-state index in [1.165, 1.54) is 0 Å². The van der Waals surface area contributed by atoms with Crippen molar-refractivity contribution in [2.75, 3.05) is 19.0 Å². The van der Waals surface area contributed by atoms with Gasteiger partial charge in [0, 0.05) is 18.8 Å². The van der Waals surface area contributed by atoms with Crippen LogP contribution in [0.5, 0.6) is 5.75 Å². The quantitative estimate of drug-likeness (QED) is 0.821. The summed E-state index contributed by atoms with van der Waals surface area (Å²) in [5.74, 6) is 0.699. The van der Waals surface area contributed by atoms with Crippen molar-refractivity contribution in [2.45, 2.75) is 26.0 Å². The average molecular weight is 234 g/mol. The lowest BCUT2D eigenvalue weighted by atomic mass is 10.2. The molecule has 2 unspecified atom stereocenters. The van der Waals surface area contributed by atoms with E-state index in [9.17, 15) is 0 Å². The van der Waals surface area contributed by atoms with Gasteiger partial charge in [-0.25, -0.2) is 0 Å². The molecule has 0 fully saturated rings. The number of anilines is 1. The molecule has 1 aromatic carbocycles. The molecular formula is C13H18N2O2. The minimum atomic E-state index is 0.0733. The summed E-state index contributed by atoms with van der Waals surface area (Å²) in [6.45, 7) is 4.15. The molecule has 0 saturated heterocycles. The molecule has 1 N–H and O–H groups in total. The fourth-order valence-corrected chi connectivity index (χ4v) is 1.35. The SMILES string of the molecule is COC(C)C(C)Nc1ccc(OCC#N)cc1. The highest BCUT2D eigenvalue weighted by Gasteiger charge is 2.10. The first-order valence-electron chi connectivity index (χ1n) is 5.56. The van der Waals surface area contributed by atoms with Gasteiger partial charge in [0.2, 0.25) is 0 Å².